The van der Waals surface area contributed by atoms with Gasteiger partial charge in [0, 0.05) is 5.88 Å². The first kappa shape index (κ1) is 8.09. The second-order valence-corrected chi connectivity index (χ2v) is 3.01. The van der Waals surface area contributed by atoms with Crippen LogP contribution in [0.15, 0.2) is 12.2 Å². The van der Waals surface area contributed by atoms with Crippen molar-refractivity contribution in [3.05, 3.63) is 12.2 Å². The van der Waals surface area contributed by atoms with Crippen LogP contribution in [0.4, 0.5) is 0 Å². The quantitative estimate of drug-likeness (QED) is 0.453. The van der Waals surface area contributed by atoms with Crippen molar-refractivity contribution < 1.29 is 4.74 Å². The number of hydrogen-bond donors (Lipinski definition) is 0. The Morgan fingerprint density at radius 3 is 2.70 bits per heavy atom. The highest BCUT2D eigenvalue weighted by Crippen LogP contribution is 2.22. The van der Waals surface area contributed by atoms with Crippen LogP contribution in [0.5, 0.6) is 0 Å². The number of alkyl halides is 1. The van der Waals surface area contributed by atoms with Gasteiger partial charge in [0.2, 0.25) is 0 Å². The highest BCUT2D eigenvalue weighted by Gasteiger charge is 2.17. The maximum atomic E-state index is 5.52. The molecule has 1 aliphatic carbocycles. The van der Waals surface area contributed by atoms with Crippen LogP contribution in [0.1, 0.15) is 19.3 Å². The predicted octanol–water partition coefficient (Wildman–Crippen LogP) is 2.35. The first-order valence-electron chi connectivity index (χ1n) is 3.67. The van der Waals surface area contributed by atoms with Crippen molar-refractivity contribution in [3.63, 3.8) is 0 Å². The van der Waals surface area contributed by atoms with E-state index < -0.39 is 0 Å². The van der Waals surface area contributed by atoms with Crippen molar-refractivity contribution in [2.75, 3.05) is 12.5 Å². The molecule has 0 bridgehead atoms. The maximum absolute atomic E-state index is 5.52. The van der Waals surface area contributed by atoms with Gasteiger partial charge < -0.3 is 4.74 Å². The zero-order valence-electron chi connectivity index (χ0n) is 6.11. The van der Waals surface area contributed by atoms with E-state index in [9.17, 15) is 0 Å². The molecular weight excluding hydrogens is 148 g/mol. The SMILES string of the molecule is C=C(CCl)COC1CCC1. The van der Waals surface area contributed by atoms with E-state index in [-0.39, 0.29) is 0 Å². The van der Waals surface area contributed by atoms with Crippen molar-refractivity contribution >= 4 is 11.6 Å². The molecule has 58 valence electrons. The molecule has 0 spiro atoms. The zero-order valence-corrected chi connectivity index (χ0v) is 6.86. The molecule has 0 aromatic rings. The summed E-state index contributed by atoms with van der Waals surface area (Å²) in [5.41, 5.74) is 0.980. The average Bonchev–Trinajstić information content (AvgIpc) is 1.84. The van der Waals surface area contributed by atoms with E-state index >= 15 is 0 Å². The lowest BCUT2D eigenvalue weighted by Gasteiger charge is -2.25. The fourth-order valence-corrected chi connectivity index (χ4v) is 0.889. The topological polar surface area (TPSA) is 9.23 Å². The highest BCUT2D eigenvalue weighted by atomic mass is 35.5. The normalized spacial score (nSPS) is 18.5. The molecule has 10 heavy (non-hydrogen) atoms. The molecule has 0 aliphatic heterocycles. The Balaban J connectivity index is 1.98. The first-order chi connectivity index (χ1) is 4.83. The van der Waals surface area contributed by atoms with Crippen LogP contribution in [-0.2, 0) is 4.74 Å². The van der Waals surface area contributed by atoms with Crippen molar-refractivity contribution in [3.8, 4) is 0 Å². The highest BCUT2D eigenvalue weighted by molar-refractivity contribution is 6.19. The third kappa shape index (κ3) is 2.31. The van der Waals surface area contributed by atoms with Crippen LogP contribution in [-0.4, -0.2) is 18.6 Å². The fourth-order valence-electron chi connectivity index (χ4n) is 0.812. The predicted molar refractivity (Wildman–Crippen MR) is 43.5 cm³/mol. The molecule has 1 nitrogen and oxygen atoms in total. The monoisotopic (exact) mass is 160 g/mol. The van der Waals surface area contributed by atoms with Crippen molar-refractivity contribution in [1.29, 1.82) is 0 Å². The first-order valence-corrected chi connectivity index (χ1v) is 4.20. The van der Waals surface area contributed by atoms with Gasteiger partial charge in [-0.15, -0.1) is 11.6 Å². The molecule has 0 unspecified atom stereocenters. The molecule has 0 atom stereocenters. The Labute approximate surface area is 67.0 Å². The van der Waals surface area contributed by atoms with Gasteiger partial charge in [0.25, 0.3) is 0 Å². The number of ether oxygens (including phenoxy) is 1. The molecule has 1 aliphatic rings. The Bertz CT molecular complexity index is 118. The van der Waals surface area contributed by atoms with Gasteiger partial charge in [0.05, 0.1) is 12.7 Å². The van der Waals surface area contributed by atoms with Crippen LogP contribution in [0.3, 0.4) is 0 Å². The summed E-state index contributed by atoms with van der Waals surface area (Å²) in [6.07, 6.45) is 4.25. The van der Waals surface area contributed by atoms with Crippen molar-refractivity contribution in [1.82, 2.24) is 0 Å². The largest absolute Gasteiger partial charge is 0.374 e. The molecule has 0 saturated heterocycles. The van der Waals surface area contributed by atoms with Crippen LogP contribution in [0, 0.1) is 0 Å². The summed E-state index contributed by atoms with van der Waals surface area (Å²) >= 11 is 5.52. The van der Waals surface area contributed by atoms with Gasteiger partial charge >= 0.3 is 0 Å². The third-order valence-electron chi connectivity index (χ3n) is 1.76. The molecule has 0 amide bonds. The molecule has 0 N–H and O–H groups in total. The number of hydrogen-bond acceptors (Lipinski definition) is 1. The minimum atomic E-state index is 0.500. The van der Waals surface area contributed by atoms with Crippen LogP contribution in [0.25, 0.3) is 0 Å². The Kier molecular flexibility index (Phi) is 3.23. The van der Waals surface area contributed by atoms with Gasteiger partial charge in [-0.1, -0.05) is 6.58 Å². The Hall–Kier alpha value is -0.0100. The minimum absolute atomic E-state index is 0.500. The van der Waals surface area contributed by atoms with E-state index in [1.165, 1.54) is 19.3 Å². The van der Waals surface area contributed by atoms with E-state index in [2.05, 4.69) is 6.58 Å². The van der Waals surface area contributed by atoms with Crippen molar-refractivity contribution in [2.24, 2.45) is 0 Å². The lowest BCUT2D eigenvalue weighted by molar-refractivity contribution is 0.0156. The zero-order chi connectivity index (χ0) is 7.40. The Morgan fingerprint density at radius 1 is 1.60 bits per heavy atom. The summed E-state index contributed by atoms with van der Waals surface area (Å²) in [6.45, 7) is 4.39. The van der Waals surface area contributed by atoms with E-state index in [4.69, 9.17) is 16.3 Å². The van der Waals surface area contributed by atoms with Crippen LogP contribution in [0.2, 0.25) is 0 Å². The lowest BCUT2D eigenvalue weighted by Crippen LogP contribution is -2.22. The summed E-state index contributed by atoms with van der Waals surface area (Å²) in [4.78, 5) is 0. The van der Waals surface area contributed by atoms with Crippen LogP contribution >= 0.6 is 11.6 Å². The molecule has 2 heteroatoms. The molecule has 0 aromatic carbocycles. The second kappa shape index (κ2) is 3.99. The number of rotatable bonds is 4. The molecular formula is C8H13ClO. The molecule has 0 radical (unpaired) electrons. The summed E-state index contributed by atoms with van der Waals surface area (Å²) < 4.78 is 5.45. The minimum Gasteiger partial charge on any atom is -0.374 e. The average molecular weight is 161 g/mol. The molecule has 0 heterocycles. The van der Waals surface area contributed by atoms with Gasteiger partial charge in [-0.25, -0.2) is 0 Å². The van der Waals surface area contributed by atoms with Gasteiger partial charge in [-0.2, -0.15) is 0 Å². The molecule has 1 rings (SSSR count). The summed E-state index contributed by atoms with van der Waals surface area (Å²) in [7, 11) is 0. The lowest BCUT2D eigenvalue weighted by atomic mass is 9.96. The van der Waals surface area contributed by atoms with Gasteiger partial charge in [0.15, 0.2) is 0 Å². The molecule has 1 fully saturated rings. The van der Waals surface area contributed by atoms with E-state index in [1.807, 2.05) is 0 Å². The van der Waals surface area contributed by atoms with Gasteiger partial charge in [0.1, 0.15) is 0 Å². The van der Waals surface area contributed by atoms with Gasteiger partial charge in [-0.05, 0) is 24.8 Å². The summed E-state index contributed by atoms with van der Waals surface area (Å²) in [5, 5.41) is 0. The van der Waals surface area contributed by atoms with E-state index in [0.29, 0.717) is 18.6 Å². The maximum Gasteiger partial charge on any atom is 0.0689 e. The third-order valence-corrected chi connectivity index (χ3v) is 2.14. The molecule has 1 saturated carbocycles. The summed E-state index contributed by atoms with van der Waals surface area (Å²) in [5.74, 6) is 0.521. The van der Waals surface area contributed by atoms with E-state index in [1.54, 1.807) is 0 Å². The number of halogens is 1. The smallest absolute Gasteiger partial charge is 0.0689 e. The van der Waals surface area contributed by atoms with Gasteiger partial charge in [-0.3, -0.25) is 0 Å². The second-order valence-electron chi connectivity index (χ2n) is 2.75. The van der Waals surface area contributed by atoms with Crippen molar-refractivity contribution in [2.45, 2.75) is 25.4 Å². The Morgan fingerprint density at radius 2 is 2.30 bits per heavy atom. The molecule has 0 aromatic heterocycles. The van der Waals surface area contributed by atoms with E-state index in [0.717, 1.165) is 5.57 Å². The standard InChI is InChI=1S/C8H13ClO/c1-7(5-9)6-10-8-3-2-4-8/h8H,1-6H2. The fraction of sp³-hybridized carbons (Fsp3) is 0.750. The van der Waals surface area contributed by atoms with Crippen LogP contribution < -0.4 is 0 Å². The summed E-state index contributed by atoms with van der Waals surface area (Å²) in [6, 6.07) is 0.